The van der Waals surface area contributed by atoms with Crippen LogP contribution in [0.25, 0.3) is 5.57 Å². The quantitative estimate of drug-likeness (QED) is 0.887. The lowest BCUT2D eigenvalue weighted by Gasteiger charge is -2.19. The van der Waals surface area contributed by atoms with Crippen LogP contribution in [0.2, 0.25) is 0 Å². The molecule has 1 aromatic rings. The second-order valence-electron chi connectivity index (χ2n) is 4.51. The van der Waals surface area contributed by atoms with Crippen LogP contribution in [0, 0.1) is 0 Å². The van der Waals surface area contributed by atoms with Gasteiger partial charge in [-0.25, -0.2) is 4.79 Å². The van der Waals surface area contributed by atoms with Crippen molar-refractivity contribution in [2.45, 2.75) is 13.5 Å². The first-order valence-corrected chi connectivity index (χ1v) is 6.43. The van der Waals surface area contributed by atoms with Gasteiger partial charge in [-0.05, 0) is 29.7 Å². The summed E-state index contributed by atoms with van der Waals surface area (Å²) in [5.41, 5.74) is 10.2. The summed E-state index contributed by atoms with van der Waals surface area (Å²) < 4.78 is 4.85. The van der Waals surface area contributed by atoms with Gasteiger partial charge in [-0.2, -0.15) is 0 Å². The number of nitrogens with one attached hydrogen (secondary N) is 1. The average molecular weight is 270 g/mol. The van der Waals surface area contributed by atoms with Crippen LogP contribution in [0.3, 0.4) is 0 Å². The summed E-state index contributed by atoms with van der Waals surface area (Å²) in [6.07, 6.45) is 3.44. The van der Waals surface area contributed by atoms with Crippen LogP contribution in [0.15, 0.2) is 54.3 Å². The van der Waals surface area contributed by atoms with E-state index in [4.69, 9.17) is 10.5 Å². The molecular formula is C16H18N2O2. The zero-order chi connectivity index (χ0) is 14.5. The molecule has 0 atom stereocenters. The number of cyclic esters (lactones) is 1. The van der Waals surface area contributed by atoms with Gasteiger partial charge in [0.05, 0.1) is 5.70 Å². The molecule has 0 unspecified atom stereocenters. The summed E-state index contributed by atoms with van der Waals surface area (Å²) >= 11 is 0. The smallest absolute Gasteiger partial charge is 0.411 e. The molecule has 1 saturated heterocycles. The fourth-order valence-corrected chi connectivity index (χ4v) is 1.93. The van der Waals surface area contributed by atoms with E-state index in [2.05, 4.69) is 11.9 Å². The van der Waals surface area contributed by atoms with E-state index in [1.165, 1.54) is 0 Å². The van der Waals surface area contributed by atoms with E-state index in [9.17, 15) is 4.79 Å². The van der Waals surface area contributed by atoms with Crippen molar-refractivity contribution in [3.05, 3.63) is 65.4 Å². The number of hydrogen-bond donors (Lipinski definition) is 2. The molecule has 4 nitrogen and oxygen atoms in total. The maximum absolute atomic E-state index is 11.3. The molecule has 1 aliphatic rings. The monoisotopic (exact) mass is 270 g/mol. The minimum atomic E-state index is -0.447. The molecule has 0 bridgehead atoms. The van der Waals surface area contributed by atoms with Crippen molar-refractivity contribution in [2.75, 3.05) is 6.61 Å². The standard InChI is InChI=1S/C16H18N2O2/c1-3-13(14-6-4-12(9-17)5-7-14)8-15-11(2)10-20-16(19)18-15/h3-8H,2,9-10,17H2,1H3,(H,18,19)/b13-3+,15-8+. The summed E-state index contributed by atoms with van der Waals surface area (Å²) in [4.78, 5) is 11.3. The van der Waals surface area contributed by atoms with E-state index in [1.807, 2.05) is 43.3 Å². The Hall–Kier alpha value is -2.33. The van der Waals surface area contributed by atoms with E-state index < -0.39 is 6.09 Å². The maximum Gasteiger partial charge on any atom is 0.411 e. The SMILES string of the molecule is C=C1COC(=O)N/C1=C/C(=C\C)c1ccc(CN)cc1. The molecule has 1 amide bonds. The van der Waals surface area contributed by atoms with Crippen LogP contribution in [0.5, 0.6) is 0 Å². The summed E-state index contributed by atoms with van der Waals surface area (Å²) in [6, 6.07) is 8.01. The number of amides is 1. The van der Waals surface area contributed by atoms with Gasteiger partial charge >= 0.3 is 6.09 Å². The molecule has 0 radical (unpaired) electrons. The van der Waals surface area contributed by atoms with Crippen molar-refractivity contribution in [3.63, 3.8) is 0 Å². The normalized spacial score (nSPS) is 17.9. The van der Waals surface area contributed by atoms with E-state index >= 15 is 0 Å². The molecule has 0 spiro atoms. The van der Waals surface area contributed by atoms with Gasteiger partial charge in [-0.1, -0.05) is 36.9 Å². The molecule has 1 aromatic carbocycles. The Bertz CT molecular complexity index is 583. The van der Waals surface area contributed by atoms with Crippen LogP contribution in [0.4, 0.5) is 4.79 Å². The van der Waals surface area contributed by atoms with Gasteiger partial charge in [-0.3, -0.25) is 5.32 Å². The summed E-state index contributed by atoms with van der Waals surface area (Å²) in [7, 11) is 0. The average Bonchev–Trinajstić information content (AvgIpc) is 2.48. The first-order valence-electron chi connectivity index (χ1n) is 6.43. The molecule has 0 saturated carbocycles. The van der Waals surface area contributed by atoms with Crippen molar-refractivity contribution in [3.8, 4) is 0 Å². The van der Waals surface area contributed by atoms with Crippen molar-refractivity contribution in [2.24, 2.45) is 5.73 Å². The zero-order valence-corrected chi connectivity index (χ0v) is 11.5. The topological polar surface area (TPSA) is 64.3 Å². The third-order valence-corrected chi connectivity index (χ3v) is 3.13. The highest BCUT2D eigenvalue weighted by Crippen LogP contribution is 2.21. The molecule has 2 rings (SSSR count). The van der Waals surface area contributed by atoms with Gasteiger partial charge in [0.15, 0.2) is 0 Å². The van der Waals surface area contributed by atoms with Crippen molar-refractivity contribution in [1.29, 1.82) is 0 Å². The first kappa shape index (κ1) is 14.1. The number of carbonyl (C=O) groups excluding carboxylic acids is 1. The summed E-state index contributed by atoms with van der Waals surface area (Å²) in [6.45, 7) is 6.59. The second-order valence-corrected chi connectivity index (χ2v) is 4.51. The molecular weight excluding hydrogens is 252 g/mol. The Morgan fingerprint density at radius 1 is 1.45 bits per heavy atom. The predicted octanol–water partition coefficient (Wildman–Crippen LogP) is 2.73. The fraction of sp³-hybridized carbons (Fsp3) is 0.188. The number of benzene rings is 1. The molecule has 1 aliphatic heterocycles. The summed E-state index contributed by atoms with van der Waals surface area (Å²) in [5, 5.41) is 2.66. The molecule has 1 fully saturated rings. The third-order valence-electron chi connectivity index (χ3n) is 3.13. The minimum absolute atomic E-state index is 0.223. The molecule has 0 aliphatic carbocycles. The Morgan fingerprint density at radius 2 is 2.15 bits per heavy atom. The van der Waals surface area contributed by atoms with Gasteiger partial charge in [0.25, 0.3) is 0 Å². The lowest BCUT2D eigenvalue weighted by Crippen LogP contribution is -2.31. The largest absolute Gasteiger partial charge is 0.444 e. The Kier molecular flexibility index (Phi) is 4.38. The number of alkyl carbamates (subject to hydrolysis) is 1. The third kappa shape index (κ3) is 3.16. The van der Waals surface area contributed by atoms with E-state index in [0.29, 0.717) is 12.2 Å². The fourth-order valence-electron chi connectivity index (χ4n) is 1.93. The molecule has 1 heterocycles. The maximum atomic E-state index is 11.3. The van der Waals surface area contributed by atoms with Gasteiger partial charge < -0.3 is 10.5 Å². The molecule has 104 valence electrons. The highest BCUT2D eigenvalue weighted by molar-refractivity contribution is 5.79. The Morgan fingerprint density at radius 3 is 2.75 bits per heavy atom. The first-order chi connectivity index (χ1) is 9.63. The molecule has 0 aromatic heterocycles. The van der Waals surface area contributed by atoms with E-state index in [0.717, 1.165) is 22.3 Å². The van der Waals surface area contributed by atoms with Crippen molar-refractivity contribution < 1.29 is 9.53 Å². The van der Waals surface area contributed by atoms with E-state index in [-0.39, 0.29) is 6.61 Å². The lowest BCUT2D eigenvalue weighted by atomic mass is 10.0. The number of carbonyl (C=O) groups is 1. The number of rotatable bonds is 3. The van der Waals surface area contributed by atoms with Crippen LogP contribution >= 0.6 is 0 Å². The highest BCUT2D eigenvalue weighted by atomic mass is 16.5. The number of nitrogens with two attached hydrogens (primary N) is 1. The van der Waals surface area contributed by atoms with Crippen molar-refractivity contribution >= 4 is 11.7 Å². The zero-order valence-electron chi connectivity index (χ0n) is 11.5. The Labute approximate surface area is 118 Å². The predicted molar refractivity (Wildman–Crippen MR) is 79.7 cm³/mol. The van der Waals surface area contributed by atoms with Crippen LogP contribution in [0.1, 0.15) is 18.1 Å². The van der Waals surface area contributed by atoms with Gasteiger partial charge in [-0.15, -0.1) is 0 Å². The van der Waals surface area contributed by atoms with Crippen LogP contribution < -0.4 is 11.1 Å². The van der Waals surface area contributed by atoms with Gasteiger partial charge in [0.1, 0.15) is 6.61 Å². The second kappa shape index (κ2) is 6.21. The Balaban J connectivity index is 2.28. The molecule has 4 heteroatoms. The minimum Gasteiger partial charge on any atom is -0.444 e. The number of hydrogen-bond acceptors (Lipinski definition) is 3. The number of allylic oxidation sites excluding steroid dienone is 3. The molecule has 20 heavy (non-hydrogen) atoms. The van der Waals surface area contributed by atoms with Gasteiger partial charge in [0.2, 0.25) is 0 Å². The molecule has 3 N–H and O–H groups in total. The lowest BCUT2D eigenvalue weighted by molar-refractivity contribution is 0.152. The van der Waals surface area contributed by atoms with Crippen LogP contribution in [-0.2, 0) is 11.3 Å². The van der Waals surface area contributed by atoms with Gasteiger partial charge in [0, 0.05) is 12.1 Å². The highest BCUT2D eigenvalue weighted by Gasteiger charge is 2.16. The van der Waals surface area contributed by atoms with Crippen LogP contribution in [-0.4, -0.2) is 12.7 Å². The summed E-state index contributed by atoms with van der Waals surface area (Å²) in [5.74, 6) is 0. The van der Waals surface area contributed by atoms with Crippen molar-refractivity contribution in [1.82, 2.24) is 5.32 Å². The van der Waals surface area contributed by atoms with E-state index in [1.54, 1.807) is 0 Å². The number of ether oxygens (including phenoxy) is 1.